The highest BCUT2D eigenvalue weighted by atomic mass is 19.1. The van der Waals surface area contributed by atoms with Crippen molar-refractivity contribution < 1.29 is 18.1 Å². The van der Waals surface area contributed by atoms with Gasteiger partial charge in [0, 0.05) is 24.6 Å². The molecule has 2 fully saturated rings. The van der Waals surface area contributed by atoms with Gasteiger partial charge in [-0.05, 0) is 37.1 Å². The van der Waals surface area contributed by atoms with Crippen LogP contribution in [0.4, 0.5) is 19.3 Å². The zero-order chi connectivity index (χ0) is 18.1. The fraction of sp³-hybridized carbons (Fsp3) is 0.500. The monoisotopic (exact) mass is 362 g/mol. The van der Waals surface area contributed by atoms with Crippen LogP contribution in [0.25, 0.3) is 0 Å². The quantitative estimate of drug-likeness (QED) is 0.897. The van der Waals surface area contributed by atoms with E-state index in [0.717, 1.165) is 25.7 Å². The minimum atomic E-state index is -1.83. The molecule has 0 bridgehead atoms. The first-order chi connectivity index (χ1) is 12.5. The Bertz CT molecular complexity index is 789. The van der Waals surface area contributed by atoms with Gasteiger partial charge in [0.05, 0.1) is 6.54 Å². The topological polar surface area (TPSA) is 71.3 Å². The number of aromatic nitrogens is 2. The number of carbonyl (C=O) groups excluding carboxylic acids is 1. The van der Waals surface area contributed by atoms with Gasteiger partial charge in [-0.2, -0.15) is 4.98 Å². The predicted molar refractivity (Wildman–Crippen MR) is 89.9 cm³/mol. The molecule has 2 heterocycles. The van der Waals surface area contributed by atoms with Gasteiger partial charge < -0.3 is 14.7 Å². The highest BCUT2D eigenvalue weighted by Gasteiger charge is 2.46. The standard InChI is InChI=1S/C18H20F2N4O2/c19-13-5-7-14(8-6-13)21-17(25)24-10-9-18(20,11-24)16-22-15(23-26-16)12-3-1-2-4-12/h5-8,12H,1-4,9-11H2,(H,21,25). The van der Waals surface area contributed by atoms with Gasteiger partial charge in [0.25, 0.3) is 5.89 Å². The van der Waals surface area contributed by atoms with E-state index in [1.165, 1.54) is 29.2 Å². The zero-order valence-electron chi connectivity index (χ0n) is 14.3. The summed E-state index contributed by atoms with van der Waals surface area (Å²) in [5.74, 6) is 0.386. The molecule has 1 saturated heterocycles. The van der Waals surface area contributed by atoms with Crippen molar-refractivity contribution in [3.05, 3.63) is 41.8 Å². The van der Waals surface area contributed by atoms with Crippen molar-refractivity contribution in [3.8, 4) is 0 Å². The summed E-state index contributed by atoms with van der Waals surface area (Å²) in [5.41, 5.74) is -1.38. The van der Waals surface area contributed by atoms with Gasteiger partial charge in [0.2, 0.25) is 5.67 Å². The molecule has 2 aliphatic rings. The maximum atomic E-state index is 15.3. The van der Waals surface area contributed by atoms with Crippen molar-refractivity contribution in [2.75, 3.05) is 18.4 Å². The molecular weight excluding hydrogens is 342 g/mol. The molecule has 1 N–H and O–H groups in total. The Balaban J connectivity index is 1.41. The summed E-state index contributed by atoms with van der Waals surface area (Å²) in [6, 6.07) is 4.98. The molecule has 1 aliphatic carbocycles. The van der Waals surface area contributed by atoms with Crippen LogP contribution >= 0.6 is 0 Å². The van der Waals surface area contributed by atoms with Crippen LogP contribution in [0.3, 0.4) is 0 Å². The van der Waals surface area contributed by atoms with Gasteiger partial charge in [0.1, 0.15) is 5.82 Å². The number of hydrogen-bond donors (Lipinski definition) is 1. The third-order valence-corrected chi connectivity index (χ3v) is 5.15. The molecule has 1 aromatic heterocycles. The normalized spacial score (nSPS) is 23.5. The lowest BCUT2D eigenvalue weighted by Crippen LogP contribution is -2.35. The van der Waals surface area contributed by atoms with Gasteiger partial charge in [0.15, 0.2) is 5.82 Å². The lowest BCUT2D eigenvalue weighted by molar-refractivity contribution is 0.121. The minimum Gasteiger partial charge on any atom is -0.336 e. The molecule has 1 unspecified atom stereocenters. The van der Waals surface area contributed by atoms with Crippen molar-refractivity contribution in [3.63, 3.8) is 0 Å². The molecule has 26 heavy (non-hydrogen) atoms. The van der Waals surface area contributed by atoms with Crippen LogP contribution in [0.2, 0.25) is 0 Å². The molecule has 138 valence electrons. The largest absolute Gasteiger partial charge is 0.336 e. The summed E-state index contributed by atoms with van der Waals surface area (Å²) in [5, 5.41) is 6.59. The van der Waals surface area contributed by atoms with E-state index in [2.05, 4.69) is 15.5 Å². The molecule has 6 nitrogen and oxygen atoms in total. The van der Waals surface area contributed by atoms with Crippen LogP contribution < -0.4 is 5.32 Å². The van der Waals surface area contributed by atoms with E-state index in [-0.39, 0.29) is 37.1 Å². The molecule has 1 atom stereocenters. The average molecular weight is 362 g/mol. The average Bonchev–Trinajstić information content (AvgIpc) is 3.37. The summed E-state index contributed by atoms with van der Waals surface area (Å²) in [6.07, 6.45) is 4.38. The number of likely N-dealkylation sites (tertiary alicyclic amines) is 1. The first kappa shape index (κ1) is 16.9. The van der Waals surface area contributed by atoms with Crippen molar-refractivity contribution in [2.24, 2.45) is 0 Å². The van der Waals surface area contributed by atoms with Crippen LogP contribution in [0, 0.1) is 5.82 Å². The third kappa shape index (κ3) is 3.27. The second-order valence-corrected chi connectivity index (χ2v) is 7.01. The number of benzene rings is 1. The van der Waals surface area contributed by atoms with E-state index in [4.69, 9.17) is 4.52 Å². The summed E-state index contributed by atoms with van der Waals surface area (Å²) in [4.78, 5) is 18.0. The number of rotatable bonds is 3. The SMILES string of the molecule is O=C(Nc1ccc(F)cc1)N1CCC(F)(c2nc(C3CCCC3)no2)C1. The molecule has 1 aromatic carbocycles. The maximum absolute atomic E-state index is 15.3. The molecule has 4 rings (SSSR count). The van der Waals surface area contributed by atoms with Gasteiger partial charge in [-0.3, -0.25) is 0 Å². The number of anilines is 1. The van der Waals surface area contributed by atoms with Crippen molar-refractivity contribution in [1.82, 2.24) is 15.0 Å². The number of urea groups is 1. The van der Waals surface area contributed by atoms with Gasteiger partial charge >= 0.3 is 6.03 Å². The highest BCUT2D eigenvalue weighted by Crippen LogP contribution is 2.38. The van der Waals surface area contributed by atoms with Crippen LogP contribution in [0.15, 0.2) is 28.8 Å². The van der Waals surface area contributed by atoms with E-state index < -0.39 is 11.7 Å². The summed E-state index contributed by atoms with van der Waals surface area (Å²) >= 11 is 0. The molecule has 0 radical (unpaired) electrons. The molecule has 8 heteroatoms. The van der Waals surface area contributed by atoms with Crippen LogP contribution in [0.5, 0.6) is 0 Å². The van der Waals surface area contributed by atoms with Gasteiger partial charge in [-0.1, -0.05) is 18.0 Å². The van der Waals surface area contributed by atoms with E-state index in [0.29, 0.717) is 11.5 Å². The number of amides is 2. The minimum absolute atomic E-state index is 0.0449. The fourth-order valence-corrected chi connectivity index (χ4v) is 3.62. The number of nitrogens with one attached hydrogen (secondary N) is 1. The molecule has 1 saturated carbocycles. The Kier molecular flexibility index (Phi) is 4.34. The first-order valence-electron chi connectivity index (χ1n) is 8.88. The van der Waals surface area contributed by atoms with E-state index in [1.54, 1.807) is 0 Å². The Morgan fingerprint density at radius 3 is 2.73 bits per heavy atom. The molecule has 0 spiro atoms. The molecule has 1 aliphatic heterocycles. The Labute approximate surface area is 149 Å². The lowest BCUT2D eigenvalue weighted by atomic mass is 10.1. The number of nitrogens with zero attached hydrogens (tertiary/aromatic N) is 3. The molecular formula is C18H20F2N4O2. The Morgan fingerprint density at radius 2 is 2.00 bits per heavy atom. The fourth-order valence-electron chi connectivity index (χ4n) is 3.62. The predicted octanol–water partition coefficient (Wildman–Crippen LogP) is 3.97. The van der Waals surface area contributed by atoms with Crippen molar-refractivity contribution in [2.45, 2.75) is 43.7 Å². The molecule has 2 aromatic rings. The smallest absolute Gasteiger partial charge is 0.321 e. The van der Waals surface area contributed by atoms with Gasteiger partial charge in [-0.25, -0.2) is 13.6 Å². The number of halogens is 2. The van der Waals surface area contributed by atoms with Crippen LogP contribution in [-0.4, -0.2) is 34.2 Å². The second kappa shape index (κ2) is 6.66. The summed E-state index contributed by atoms with van der Waals surface area (Å²) in [6.45, 7) is 0.0942. The number of hydrogen-bond acceptors (Lipinski definition) is 4. The highest BCUT2D eigenvalue weighted by molar-refractivity contribution is 5.89. The Hall–Kier alpha value is -2.51. The zero-order valence-corrected chi connectivity index (χ0v) is 14.3. The maximum Gasteiger partial charge on any atom is 0.321 e. The van der Waals surface area contributed by atoms with Gasteiger partial charge in [-0.15, -0.1) is 0 Å². The van der Waals surface area contributed by atoms with Crippen LogP contribution in [0.1, 0.15) is 49.7 Å². The van der Waals surface area contributed by atoms with E-state index >= 15 is 4.39 Å². The lowest BCUT2D eigenvalue weighted by Gasteiger charge is -2.18. The van der Waals surface area contributed by atoms with Crippen LogP contribution in [-0.2, 0) is 5.67 Å². The molecule has 2 amide bonds. The van der Waals surface area contributed by atoms with Crippen molar-refractivity contribution in [1.29, 1.82) is 0 Å². The van der Waals surface area contributed by atoms with E-state index in [1.807, 2.05) is 0 Å². The van der Waals surface area contributed by atoms with Crippen molar-refractivity contribution >= 4 is 11.7 Å². The Morgan fingerprint density at radius 1 is 1.27 bits per heavy atom. The summed E-state index contributed by atoms with van der Waals surface area (Å²) < 4.78 is 33.4. The number of carbonyl (C=O) groups is 1. The second-order valence-electron chi connectivity index (χ2n) is 7.01. The summed E-state index contributed by atoms with van der Waals surface area (Å²) in [7, 11) is 0. The number of alkyl halides is 1. The third-order valence-electron chi connectivity index (χ3n) is 5.15. The first-order valence-corrected chi connectivity index (χ1v) is 8.88. The van der Waals surface area contributed by atoms with E-state index in [9.17, 15) is 9.18 Å².